The topological polar surface area (TPSA) is 75.7 Å². The molecule has 1 unspecified atom stereocenters. The number of benzene rings is 1. The molecule has 1 aliphatic rings. The van der Waals surface area contributed by atoms with Crippen LogP contribution in [-0.2, 0) is 16.4 Å². The molecule has 0 bridgehead atoms. The minimum absolute atomic E-state index is 0.0555. The average Bonchev–Trinajstić information content (AvgIpc) is 2.86. The highest BCUT2D eigenvalue weighted by atomic mass is 32.2. The van der Waals surface area contributed by atoms with Gasteiger partial charge in [0.15, 0.2) is 9.84 Å². The molecule has 0 aromatic heterocycles. The Labute approximate surface area is 131 Å². The van der Waals surface area contributed by atoms with Crippen molar-refractivity contribution in [3.63, 3.8) is 0 Å². The molecule has 122 valence electrons. The van der Waals surface area contributed by atoms with Gasteiger partial charge >= 0.3 is 6.03 Å². The van der Waals surface area contributed by atoms with Crippen LogP contribution in [0.15, 0.2) is 24.3 Å². The summed E-state index contributed by atoms with van der Waals surface area (Å²) in [6.45, 7) is 2.94. The fourth-order valence-electron chi connectivity index (χ4n) is 2.42. The standard InChI is InChI=1S/C15H22N2O4S/c1-3-21-14-6-4-12(5-7-14)10-16-15(18)17(2)13-8-9-22(19,20)11-13/h4-7,13H,3,8-11H2,1-2H3,(H,16,18). The summed E-state index contributed by atoms with van der Waals surface area (Å²) >= 11 is 0. The van der Waals surface area contributed by atoms with E-state index < -0.39 is 9.84 Å². The largest absolute Gasteiger partial charge is 0.494 e. The third-order valence-corrected chi connectivity index (χ3v) is 5.50. The average molecular weight is 326 g/mol. The Balaban J connectivity index is 1.84. The number of ether oxygens (including phenoxy) is 1. The lowest BCUT2D eigenvalue weighted by Gasteiger charge is -2.23. The van der Waals surface area contributed by atoms with Crippen molar-refractivity contribution in [3.05, 3.63) is 29.8 Å². The van der Waals surface area contributed by atoms with E-state index >= 15 is 0 Å². The van der Waals surface area contributed by atoms with Crippen molar-refractivity contribution in [1.82, 2.24) is 10.2 Å². The van der Waals surface area contributed by atoms with Crippen LogP contribution in [0.1, 0.15) is 18.9 Å². The summed E-state index contributed by atoms with van der Waals surface area (Å²) in [6, 6.07) is 7.02. The van der Waals surface area contributed by atoms with E-state index in [1.807, 2.05) is 31.2 Å². The van der Waals surface area contributed by atoms with Gasteiger partial charge in [-0.3, -0.25) is 0 Å². The molecule has 1 heterocycles. The number of amides is 2. The highest BCUT2D eigenvalue weighted by molar-refractivity contribution is 7.91. The number of hydrogen-bond acceptors (Lipinski definition) is 4. The van der Waals surface area contributed by atoms with Crippen LogP contribution in [0.5, 0.6) is 5.75 Å². The molecule has 2 rings (SSSR count). The Morgan fingerprint density at radius 2 is 2.05 bits per heavy atom. The maximum Gasteiger partial charge on any atom is 0.317 e. The monoisotopic (exact) mass is 326 g/mol. The Kier molecular flexibility index (Phi) is 5.28. The number of rotatable bonds is 5. The predicted octanol–water partition coefficient (Wildman–Crippen LogP) is 1.41. The van der Waals surface area contributed by atoms with Crippen LogP contribution in [0.2, 0.25) is 0 Å². The second-order valence-corrected chi connectivity index (χ2v) is 7.63. The van der Waals surface area contributed by atoms with Gasteiger partial charge in [0.2, 0.25) is 0 Å². The van der Waals surface area contributed by atoms with Gasteiger partial charge in [-0.25, -0.2) is 13.2 Å². The highest BCUT2D eigenvalue weighted by Gasteiger charge is 2.32. The number of hydrogen-bond donors (Lipinski definition) is 1. The van der Waals surface area contributed by atoms with Crippen molar-refractivity contribution in [2.75, 3.05) is 25.2 Å². The lowest BCUT2D eigenvalue weighted by atomic mass is 10.2. The van der Waals surface area contributed by atoms with Crippen molar-refractivity contribution < 1.29 is 17.9 Å². The summed E-state index contributed by atoms with van der Waals surface area (Å²) < 4.78 is 28.3. The first-order valence-electron chi connectivity index (χ1n) is 7.34. The van der Waals surface area contributed by atoms with Crippen molar-refractivity contribution in [1.29, 1.82) is 0 Å². The fraction of sp³-hybridized carbons (Fsp3) is 0.533. The van der Waals surface area contributed by atoms with Crippen molar-refractivity contribution >= 4 is 15.9 Å². The van der Waals surface area contributed by atoms with E-state index in [4.69, 9.17) is 4.74 Å². The number of nitrogens with one attached hydrogen (secondary N) is 1. The zero-order chi connectivity index (χ0) is 16.2. The molecular weight excluding hydrogens is 304 g/mol. The number of nitrogens with zero attached hydrogens (tertiary/aromatic N) is 1. The van der Waals surface area contributed by atoms with Crippen LogP contribution in [0, 0.1) is 0 Å². The summed E-state index contributed by atoms with van der Waals surface area (Å²) in [5.41, 5.74) is 0.962. The van der Waals surface area contributed by atoms with Crippen LogP contribution in [0.25, 0.3) is 0 Å². The van der Waals surface area contributed by atoms with Gasteiger partial charge in [0, 0.05) is 19.6 Å². The second kappa shape index (κ2) is 7.00. The van der Waals surface area contributed by atoms with Crippen molar-refractivity contribution in [2.45, 2.75) is 25.9 Å². The van der Waals surface area contributed by atoms with Gasteiger partial charge in [0.1, 0.15) is 5.75 Å². The van der Waals surface area contributed by atoms with Gasteiger partial charge in [-0.05, 0) is 31.0 Å². The first kappa shape index (κ1) is 16.6. The molecule has 6 nitrogen and oxygen atoms in total. The lowest BCUT2D eigenvalue weighted by Crippen LogP contribution is -2.43. The van der Waals surface area contributed by atoms with Gasteiger partial charge in [0.25, 0.3) is 0 Å². The Morgan fingerprint density at radius 3 is 2.59 bits per heavy atom. The number of urea groups is 1. The first-order valence-corrected chi connectivity index (χ1v) is 9.16. The molecule has 1 aromatic carbocycles. The molecule has 0 spiro atoms. The molecule has 1 aromatic rings. The second-order valence-electron chi connectivity index (χ2n) is 5.40. The van der Waals surface area contributed by atoms with E-state index in [0.717, 1.165) is 11.3 Å². The van der Waals surface area contributed by atoms with E-state index in [0.29, 0.717) is 19.6 Å². The van der Waals surface area contributed by atoms with Gasteiger partial charge < -0.3 is 15.0 Å². The third-order valence-electron chi connectivity index (χ3n) is 3.75. The first-order chi connectivity index (χ1) is 10.4. The Bertz CT molecular complexity index is 613. The maximum atomic E-state index is 12.1. The number of sulfone groups is 1. The zero-order valence-corrected chi connectivity index (χ0v) is 13.7. The summed E-state index contributed by atoms with van der Waals surface area (Å²) in [5, 5.41) is 2.81. The summed E-state index contributed by atoms with van der Waals surface area (Å²) in [7, 11) is -1.35. The quantitative estimate of drug-likeness (QED) is 0.888. The fourth-order valence-corrected chi connectivity index (χ4v) is 4.19. The Morgan fingerprint density at radius 1 is 1.36 bits per heavy atom. The summed E-state index contributed by atoms with van der Waals surface area (Å²) in [6.07, 6.45) is 0.509. The van der Waals surface area contributed by atoms with Gasteiger partial charge in [-0.2, -0.15) is 0 Å². The molecular formula is C15H22N2O4S. The molecule has 1 aliphatic heterocycles. The summed E-state index contributed by atoms with van der Waals surface area (Å²) in [5.74, 6) is 1.01. The predicted molar refractivity (Wildman–Crippen MR) is 84.7 cm³/mol. The van der Waals surface area contributed by atoms with E-state index in [2.05, 4.69) is 5.32 Å². The highest BCUT2D eigenvalue weighted by Crippen LogP contribution is 2.17. The number of carbonyl (C=O) groups excluding carboxylic acids is 1. The summed E-state index contributed by atoms with van der Waals surface area (Å²) in [4.78, 5) is 13.6. The van der Waals surface area contributed by atoms with Gasteiger partial charge in [-0.1, -0.05) is 12.1 Å². The molecule has 0 radical (unpaired) electrons. The van der Waals surface area contributed by atoms with Crippen LogP contribution in [-0.4, -0.2) is 50.6 Å². The smallest absolute Gasteiger partial charge is 0.317 e. The van der Waals surface area contributed by atoms with E-state index in [1.165, 1.54) is 4.90 Å². The third kappa shape index (κ3) is 4.37. The van der Waals surface area contributed by atoms with Crippen molar-refractivity contribution in [2.24, 2.45) is 0 Å². The molecule has 1 N–H and O–H groups in total. The van der Waals surface area contributed by atoms with E-state index in [-0.39, 0.29) is 23.6 Å². The van der Waals surface area contributed by atoms with E-state index in [1.54, 1.807) is 7.05 Å². The molecule has 0 aliphatic carbocycles. The molecule has 1 atom stereocenters. The van der Waals surface area contributed by atoms with Crippen molar-refractivity contribution in [3.8, 4) is 5.75 Å². The van der Waals surface area contributed by atoms with Crippen LogP contribution in [0.4, 0.5) is 4.79 Å². The number of carbonyl (C=O) groups is 1. The molecule has 0 saturated carbocycles. The molecule has 7 heteroatoms. The minimum atomic E-state index is -2.99. The normalized spacial score (nSPS) is 19.6. The van der Waals surface area contributed by atoms with Gasteiger partial charge in [0.05, 0.1) is 18.1 Å². The molecule has 1 fully saturated rings. The minimum Gasteiger partial charge on any atom is -0.494 e. The zero-order valence-electron chi connectivity index (χ0n) is 12.9. The van der Waals surface area contributed by atoms with Crippen LogP contribution >= 0.6 is 0 Å². The SMILES string of the molecule is CCOc1ccc(CNC(=O)N(C)C2CCS(=O)(=O)C2)cc1. The van der Waals surface area contributed by atoms with E-state index in [9.17, 15) is 13.2 Å². The van der Waals surface area contributed by atoms with Gasteiger partial charge in [-0.15, -0.1) is 0 Å². The molecule has 1 saturated heterocycles. The lowest BCUT2D eigenvalue weighted by molar-refractivity contribution is 0.194. The Hall–Kier alpha value is -1.76. The van der Waals surface area contributed by atoms with Crippen LogP contribution in [0.3, 0.4) is 0 Å². The molecule has 22 heavy (non-hydrogen) atoms. The molecule has 2 amide bonds. The van der Waals surface area contributed by atoms with Crippen LogP contribution < -0.4 is 10.1 Å². The maximum absolute atomic E-state index is 12.1.